The molecule has 3 aromatic carbocycles. The van der Waals surface area contributed by atoms with Crippen LogP contribution in [0.2, 0.25) is 0 Å². The maximum Gasteiger partial charge on any atom is 0.197 e. The number of pyridine rings is 1. The minimum Gasteiger partial charge on any atom is -0.192 e. The molecule has 3 aliphatic rings. The van der Waals surface area contributed by atoms with Crippen LogP contribution in [0, 0.1) is 6.92 Å². The lowest BCUT2D eigenvalue weighted by atomic mass is 9.68. The number of aromatic nitrogens is 1. The van der Waals surface area contributed by atoms with E-state index in [4.69, 9.17) is 0 Å². The van der Waals surface area contributed by atoms with Gasteiger partial charge in [0.2, 0.25) is 0 Å². The van der Waals surface area contributed by atoms with Crippen LogP contribution >= 0.6 is 0 Å². The van der Waals surface area contributed by atoms with Crippen molar-refractivity contribution < 1.29 is 4.57 Å². The lowest BCUT2D eigenvalue weighted by molar-refractivity contribution is -0.756. The van der Waals surface area contributed by atoms with Gasteiger partial charge in [0.1, 0.15) is 0 Å². The molecule has 0 N–H and O–H groups in total. The average Bonchev–Trinajstić information content (AvgIpc) is 3.33. The molecule has 4 aromatic rings. The van der Waals surface area contributed by atoms with E-state index >= 15 is 0 Å². The molecule has 0 spiro atoms. The molecule has 0 amide bonds. The predicted molar refractivity (Wildman–Crippen MR) is 159 cm³/mol. The third-order valence-corrected chi connectivity index (χ3v) is 8.03. The van der Waals surface area contributed by atoms with E-state index in [0.717, 1.165) is 12.8 Å². The number of aryl methyl sites for hydroxylation is 1. The Kier molecular flexibility index (Phi) is 7.74. The topological polar surface area (TPSA) is 3.88 Å². The van der Waals surface area contributed by atoms with Gasteiger partial charge in [-0.1, -0.05) is 108 Å². The summed E-state index contributed by atoms with van der Waals surface area (Å²) < 4.78 is 2.64. The van der Waals surface area contributed by atoms with Crippen molar-refractivity contribution >= 4 is 0 Å². The van der Waals surface area contributed by atoms with E-state index in [1.807, 2.05) is 41.5 Å². The quantitative estimate of drug-likeness (QED) is 0.187. The first-order valence-corrected chi connectivity index (χ1v) is 14.4. The summed E-state index contributed by atoms with van der Waals surface area (Å²) in [5, 5.41) is 0. The van der Waals surface area contributed by atoms with E-state index in [9.17, 15) is 0 Å². The number of hydrogen-bond acceptors (Lipinski definition) is 0. The summed E-state index contributed by atoms with van der Waals surface area (Å²) in [7, 11) is 0. The van der Waals surface area contributed by atoms with Crippen molar-refractivity contribution in [3.63, 3.8) is 0 Å². The summed E-state index contributed by atoms with van der Waals surface area (Å²) in [6.07, 6.45) is 4.58. The second-order valence-electron chi connectivity index (χ2n) is 10.00. The summed E-state index contributed by atoms with van der Waals surface area (Å²) in [4.78, 5) is 0. The van der Waals surface area contributed by atoms with Crippen molar-refractivity contribution in [2.75, 3.05) is 0 Å². The van der Waals surface area contributed by atoms with Crippen LogP contribution in [0.3, 0.4) is 0 Å². The van der Waals surface area contributed by atoms with Gasteiger partial charge in [-0.25, -0.2) is 0 Å². The van der Waals surface area contributed by atoms with E-state index in [0.29, 0.717) is 5.92 Å². The molecular weight excluding hydrogens is 446 g/mol. The normalized spacial score (nSPS) is 16.0. The number of rotatable bonds is 0. The van der Waals surface area contributed by atoms with Crippen LogP contribution in [0.4, 0.5) is 0 Å². The standard InChI is InChI=1S/C30H26N.3C2H6/c1-18-9-8-14-23-27-22-13-7-5-11-20(22)16-25-24-15-19-10-4-6-12-21(19)26(24)17-31(29(25)27)30(2,3)28(18)23;3*1-2/h4-14,17,27H,15-16H2,1-3H3;3*1-2H3/q+1;;;. The molecule has 7 rings (SSSR count). The first-order valence-electron chi connectivity index (χ1n) is 14.4. The maximum atomic E-state index is 2.64. The molecule has 1 nitrogen and oxygen atoms in total. The third-order valence-electron chi connectivity index (χ3n) is 8.03. The van der Waals surface area contributed by atoms with E-state index in [1.165, 1.54) is 50.2 Å². The monoisotopic (exact) mass is 490 g/mol. The highest BCUT2D eigenvalue weighted by molar-refractivity contribution is 5.78. The van der Waals surface area contributed by atoms with E-state index in [1.54, 1.807) is 11.1 Å². The molecule has 37 heavy (non-hydrogen) atoms. The Morgan fingerprint density at radius 2 is 1.24 bits per heavy atom. The fourth-order valence-electron chi connectivity index (χ4n) is 6.79. The molecule has 1 unspecified atom stereocenters. The highest BCUT2D eigenvalue weighted by Crippen LogP contribution is 2.50. The molecule has 0 saturated carbocycles. The molecule has 0 bridgehead atoms. The van der Waals surface area contributed by atoms with Crippen molar-refractivity contribution in [1.29, 1.82) is 0 Å². The Morgan fingerprint density at radius 3 is 1.97 bits per heavy atom. The van der Waals surface area contributed by atoms with Gasteiger partial charge in [-0.2, -0.15) is 4.57 Å². The van der Waals surface area contributed by atoms with E-state index < -0.39 is 0 Å². The van der Waals surface area contributed by atoms with Gasteiger partial charge in [-0.15, -0.1) is 0 Å². The Balaban J connectivity index is 0.000000500. The first-order chi connectivity index (χ1) is 18.1. The second-order valence-corrected chi connectivity index (χ2v) is 10.00. The summed E-state index contributed by atoms with van der Waals surface area (Å²) in [5.41, 5.74) is 16.3. The van der Waals surface area contributed by atoms with Gasteiger partial charge in [0.05, 0.1) is 5.92 Å². The second kappa shape index (κ2) is 10.7. The SMILES string of the molecule is CC.CC.CC.Cc1cccc2c1C(C)(C)[n+]1cc3c(c4c1C2c1ccccc1C4)Cc1ccccc1-3. The number of fused-ring (bicyclic) bond motifs is 8. The van der Waals surface area contributed by atoms with Crippen molar-refractivity contribution in [3.8, 4) is 11.1 Å². The van der Waals surface area contributed by atoms with E-state index in [-0.39, 0.29) is 5.54 Å². The zero-order chi connectivity index (χ0) is 26.9. The molecule has 1 heteroatoms. The minimum atomic E-state index is -0.0832. The highest BCUT2D eigenvalue weighted by atomic mass is 15.1. The van der Waals surface area contributed by atoms with Crippen LogP contribution in [0.5, 0.6) is 0 Å². The Bertz CT molecular complexity index is 1420. The summed E-state index contributed by atoms with van der Waals surface area (Å²) in [5.74, 6) is 0.317. The van der Waals surface area contributed by atoms with Crippen molar-refractivity contribution in [1.82, 2.24) is 0 Å². The van der Waals surface area contributed by atoms with Gasteiger partial charge in [0, 0.05) is 37.0 Å². The van der Waals surface area contributed by atoms with Crippen LogP contribution < -0.4 is 4.57 Å². The zero-order valence-corrected chi connectivity index (χ0v) is 24.4. The molecule has 1 aromatic heterocycles. The zero-order valence-electron chi connectivity index (χ0n) is 24.4. The summed E-state index contributed by atoms with van der Waals surface area (Å²) in [6.45, 7) is 19.1. The van der Waals surface area contributed by atoms with Crippen LogP contribution in [0.25, 0.3) is 11.1 Å². The molecule has 2 aliphatic carbocycles. The van der Waals surface area contributed by atoms with Crippen LogP contribution in [-0.2, 0) is 18.4 Å². The number of benzene rings is 3. The lowest BCUT2D eigenvalue weighted by Crippen LogP contribution is -2.60. The fourth-order valence-corrected chi connectivity index (χ4v) is 6.79. The number of hydrogen-bond donors (Lipinski definition) is 0. The predicted octanol–water partition coefficient (Wildman–Crippen LogP) is 9.11. The van der Waals surface area contributed by atoms with E-state index in [2.05, 4.69) is 98.3 Å². The average molecular weight is 491 g/mol. The van der Waals surface area contributed by atoms with Gasteiger partial charge >= 0.3 is 0 Å². The van der Waals surface area contributed by atoms with Gasteiger partial charge in [-0.05, 0) is 52.3 Å². The first kappa shape index (κ1) is 26.9. The van der Waals surface area contributed by atoms with Gasteiger partial charge in [-0.3, -0.25) is 0 Å². The van der Waals surface area contributed by atoms with Crippen molar-refractivity contribution in [2.24, 2.45) is 0 Å². The third kappa shape index (κ3) is 3.95. The van der Waals surface area contributed by atoms with Crippen molar-refractivity contribution in [3.05, 3.63) is 123 Å². The molecule has 192 valence electrons. The molecule has 1 aliphatic heterocycles. The van der Waals surface area contributed by atoms with Gasteiger partial charge in [0.15, 0.2) is 17.4 Å². The molecule has 0 fully saturated rings. The molecule has 2 heterocycles. The van der Waals surface area contributed by atoms with Gasteiger partial charge in [0.25, 0.3) is 0 Å². The van der Waals surface area contributed by atoms with Gasteiger partial charge < -0.3 is 0 Å². The van der Waals surface area contributed by atoms with Crippen LogP contribution in [0.1, 0.15) is 112 Å². The number of nitrogens with zero attached hydrogens (tertiary/aromatic N) is 1. The Morgan fingerprint density at radius 1 is 0.649 bits per heavy atom. The molecule has 0 saturated heterocycles. The summed E-state index contributed by atoms with van der Waals surface area (Å²) in [6, 6.07) is 25.0. The Hall–Kier alpha value is -3.19. The molecule has 0 radical (unpaired) electrons. The highest BCUT2D eigenvalue weighted by Gasteiger charge is 2.50. The van der Waals surface area contributed by atoms with Crippen LogP contribution in [-0.4, -0.2) is 0 Å². The van der Waals surface area contributed by atoms with Crippen LogP contribution in [0.15, 0.2) is 72.9 Å². The summed E-state index contributed by atoms with van der Waals surface area (Å²) >= 11 is 0. The van der Waals surface area contributed by atoms with Crippen molar-refractivity contribution in [2.45, 2.75) is 86.6 Å². The smallest absolute Gasteiger partial charge is 0.192 e. The largest absolute Gasteiger partial charge is 0.197 e. The molecule has 1 atom stereocenters. The maximum absolute atomic E-state index is 2.64. The minimum absolute atomic E-state index is 0.0832. The lowest BCUT2D eigenvalue weighted by Gasteiger charge is -2.39. The fraction of sp³-hybridized carbons (Fsp3) is 0.361. The molecular formula is C36H44N+. The Labute approximate surface area is 225 Å².